The normalized spacial score (nSPS) is 11.6. The van der Waals surface area contributed by atoms with E-state index < -0.39 is 10.0 Å². The molecule has 10 heteroatoms. The molecule has 0 fully saturated rings. The summed E-state index contributed by atoms with van der Waals surface area (Å²) in [7, 11) is -4.08. The van der Waals surface area contributed by atoms with Crippen molar-refractivity contribution >= 4 is 44.6 Å². The van der Waals surface area contributed by atoms with Crippen LogP contribution >= 0.6 is 22.9 Å². The predicted octanol–water partition coefficient (Wildman–Crippen LogP) is 4.02. The minimum absolute atomic E-state index is 0.0551. The van der Waals surface area contributed by atoms with Crippen LogP contribution in [0.1, 0.15) is 39.0 Å². The lowest BCUT2D eigenvalue weighted by atomic mass is 9.96. The van der Waals surface area contributed by atoms with Crippen LogP contribution < -0.4 is 4.72 Å². The lowest BCUT2D eigenvalue weighted by Gasteiger charge is -2.10. The Morgan fingerprint density at radius 3 is 2.70 bits per heavy atom. The Labute approximate surface area is 183 Å². The van der Waals surface area contributed by atoms with Gasteiger partial charge < -0.3 is 9.63 Å². The Kier molecular flexibility index (Phi) is 6.97. The first-order valence-electron chi connectivity index (χ1n) is 9.23. The number of carbonyl (C=O) groups is 1. The monoisotopic (exact) mass is 468 g/mol. The van der Waals surface area contributed by atoms with Crippen molar-refractivity contribution in [1.82, 2.24) is 5.16 Å². The van der Waals surface area contributed by atoms with Crippen molar-refractivity contribution in [2.75, 3.05) is 11.3 Å². The highest BCUT2D eigenvalue weighted by atomic mass is 35.5. The Bertz CT molecular complexity index is 1170. The summed E-state index contributed by atoms with van der Waals surface area (Å²) in [5.41, 5.74) is 3.18. The maximum atomic E-state index is 13.0. The van der Waals surface area contributed by atoms with Crippen LogP contribution in [0.25, 0.3) is 0 Å². The van der Waals surface area contributed by atoms with Crippen molar-refractivity contribution in [1.29, 1.82) is 0 Å². The topological polar surface area (TPSA) is 110 Å². The number of Topliss-reactive ketones (excluding diaryl/α,β-unsaturated/α-hetero) is 1. The van der Waals surface area contributed by atoms with E-state index in [1.54, 1.807) is 12.3 Å². The highest BCUT2D eigenvalue weighted by Crippen LogP contribution is 2.30. The largest absolute Gasteiger partial charge is 0.396 e. The number of aliphatic hydroxyl groups excluding tert-OH is 1. The van der Waals surface area contributed by atoms with E-state index in [4.69, 9.17) is 21.2 Å². The molecule has 2 heterocycles. The van der Waals surface area contributed by atoms with E-state index in [9.17, 15) is 13.2 Å². The molecule has 0 aliphatic heterocycles. The van der Waals surface area contributed by atoms with Gasteiger partial charge in [0, 0.05) is 13.0 Å². The summed E-state index contributed by atoms with van der Waals surface area (Å²) in [6, 6.07) is 7.09. The molecule has 3 rings (SSSR count). The maximum absolute atomic E-state index is 13.0. The van der Waals surface area contributed by atoms with Gasteiger partial charge >= 0.3 is 0 Å². The molecule has 0 atom stereocenters. The van der Waals surface area contributed by atoms with Crippen molar-refractivity contribution in [2.45, 2.75) is 38.0 Å². The van der Waals surface area contributed by atoms with Gasteiger partial charge in [-0.15, -0.1) is 11.3 Å². The highest BCUT2D eigenvalue weighted by Gasteiger charge is 2.27. The minimum atomic E-state index is -4.08. The summed E-state index contributed by atoms with van der Waals surface area (Å²) in [6.07, 6.45) is 1.35. The summed E-state index contributed by atoms with van der Waals surface area (Å²) in [5.74, 6) is -0.485. The number of thiophene rings is 1. The van der Waals surface area contributed by atoms with Gasteiger partial charge in [-0.25, -0.2) is 13.1 Å². The number of nitrogens with one attached hydrogen (secondary N) is 1. The molecule has 3 aromatic rings. The number of benzene rings is 1. The third-order valence-corrected chi connectivity index (χ3v) is 7.50. The van der Waals surface area contributed by atoms with Gasteiger partial charge in [0.05, 0.1) is 4.88 Å². The molecular formula is C20H21ClN2O5S2. The molecule has 0 aliphatic rings. The van der Waals surface area contributed by atoms with Crippen molar-refractivity contribution in [2.24, 2.45) is 0 Å². The summed E-state index contributed by atoms with van der Waals surface area (Å²) < 4.78 is 32.8. The van der Waals surface area contributed by atoms with Crippen LogP contribution in [0.2, 0.25) is 5.02 Å². The van der Waals surface area contributed by atoms with Gasteiger partial charge in [0.25, 0.3) is 15.9 Å². The van der Waals surface area contributed by atoms with Gasteiger partial charge in [0.1, 0.15) is 15.6 Å². The SMILES string of the molecule is CCc1cc(CCO)ccc1CC(=O)c1sccc1S(=O)(=O)Nc1onc(C)c1Cl. The third-order valence-electron chi connectivity index (χ3n) is 4.59. The number of rotatable bonds is 9. The highest BCUT2D eigenvalue weighted by molar-refractivity contribution is 7.93. The average Bonchev–Trinajstić information content (AvgIpc) is 3.33. The van der Waals surface area contributed by atoms with Crippen LogP contribution in [-0.2, 0) is 29.3 Å². The van der Waals surface area contributed by atoms with Gasteiger partial charge in [-0.1, -0.05) is 41.9 Å². The van der Waals surface area contributed by atoms with Crippen LogP contribution in [0.4, 0.5) is 5.88 Å². The number of carbonyl (C=O) groups excluding carboxylic acids is 1. The second-order valence-electron chi connectivity index (χ2n) is 6.66. The molecule has 2 N–H and O–H groups in total. The first kappa shape index (κ1) is 22.5. The number of aryl methyl sites for hydroxylation is 2. The zero-order valence-electron chi connectivity index (χ0n) is 16.4. The van der Waals surface area contributed by atoms with E-state index in [0.29, 0.717) is 12.1 Å². The summed E-state index contributed by atoms with van der Waals surface area (Å²) in [6.45, 7) is 3.63. The Balaban J connectivity index is 1.86. The van der Waals surface area contributed by atoms with Crippen molar-refractivity contribution in [3.63, 3.8) is 0 Å². The first-order valence-corrected chi connectivity index (χ1v) is 12.0. The number of hydrogen-bond donors (Lipinski definition) is 2. The zero-order valence-corrected chi connectivity index (χ0v) is 18.8. The second-order valence-corrected chi connectivity index (χ2v) is 9.61. The molecule has 0 aliphatic carbocycles. The molecule has 2 aromatic heterocycles. The van der Waals surface area contributed by atoms with Crippen LogP contribution in [0.15, 0.2) is 39.1 Å². The first-order chi connectivity index (χ1) is 14.3. The lowest BCUT2D eigenvalue weighted by molar-refractivity contribution is 0.0993. The third kappa shape index (κ3) is 4.75. The molecule has 0 bridgehead atoms. The molecule has 0 unspecified atom stereocenters. The number of hydrogen-bond acceptors (Lipinski definition) is 7. The molecule has 1 aromatic carbocycles. The van der Waals surface area contributed by atoms with Crippen molar-refractivity contribution in [3.8, 4) is 0 Å². The molecule has 0 amide bonds. The van der Waals surface area contributed by atoms with Crippen molar-refractivity contribution in [3.05, 3.63) is 61.9 Å². The van der Waals surface area contributed by atoms with E-state index in [-0.39, 0.29) is 39.5 Å². The van der Waals surface area contributed by atoms with E-state index in [0.717, 1.165) is 34.4 Å². The average molecular weight is 469 g/mol. The lowest BCUT2D eigenvalue weighted by Crippen LogP contribution is -2.16. The van der Waals surface area contributed by atoms with E-state index in [1.807, 2.05) is 25.1 Å². The Morgan fingerprint density at radius 2 is 2.07 bits per heavy atom. The van der Waals surface area contributed by atoms with E-state index in [1.165, 1.54) is 6.07 Å². The molecule has 160 valence electrons. The number of sulfonamides is 1. The van der Waals surface area contributed by atoms with E-state index >= 15 is 0 Å². The van der Waals surface area contributed by atoms with Gasteiger partial charge in [0.2, 0.25) is 0 Å². The fraction of sp³-hybridized carbons (Fsp3) is 0.300. The molecule has 30 heavy (non-hydrogen) atoms. The maximum Gasteiger partial charge on any atom is 0.265 e. The van der Waals surface area contributed by atoms with Gasteiger partial charge in [-0.05, 0) is 47.9 Å². The van der Waals surface area contributed by atoms with Crippen molar-refractivity contribution < 1.29 is 22.8 Å². The number of ketones is 1. The standard InChI is InChI=1S/C20H21ClN2O5S2/c1-3-14-10-13(6-8-24)4-5-15(14)11-16(25)19-17(7-9-29-19)30(26,27)23-20-18(21)12(2)22-28-20/h4-5,7,9-10,23-24H,3,6,8,11H2,1-2H3. The van der Waals surface area contributed by atoms with Gasteiger partial charge in [-0.3, -0.25) is 4.79 Å². The number of aliphatic hydroxyl groups is 1. The zero-order chi connectivity index (χ0) is 21.9. The molecule has 0 saturated carbocycles. The van der Waals surface area contributed by atoms with E-state index in [2.05, 4.69) is 9.88 Å². The molecule has 0 saturated heterocycles. The quantitative estimate of drug-likeness (QED) is 0.459. The predicted molar refractivity (Wildman–Crippen MR) is 116 cm³/mol. The fourth-order valence-corrected chi connectivity index (χ4v) is 5.59. The Hall–Kier alpha value is -2.20. The van der Waals surface area contributed by atoms with Gasteiger partial charge in [0.15, 0.2) is 5.78 Å². The molecule has 0 spiro atoms. The summed E-state index contributed by atoms with van der Waals surface area (Å²) in [5, 5.41) is 14.4. The van der Waals surface area contributed by atoms with Crippen LogP contribution in [0.3, 0.4) is 0 Å². The number of nitrogens with zero attached hydrogens (tertiary/aromatic N) is 1. The van der Waals surface area contributed by atoms with Crippen LogP contribution in [-0.4, -0.2) is 31.1 Å². The molecular weight excluding hydrogens is 448 g/mol. The fourth-order valence-electron chi connectivity index (χ4n) is 3.03. The molecule has 0 radical (unpaired) electrons. The minimum Gasteiger partial charge on any atom is -0.396 e. The number of halogens is 1. The smallest absolute Gasteiger partial charge is 0.265 e. The Morgan fingerprint density at radius 1 is 1.30 bits per heavy atom. The summed E-state index contributed by atoms with van der Waals surface area (Å²) in [4.78, 5) is 13.0. The van der Waals surface area contributed by atoms with Crippen LogP contribution in [0.5, 0.6) is 0 Å². The number of aromatic nitrogens is 1. The number of anilines is 1. The summed E-state index contributed by atoms with van der Waals surface area (Å²) >= 11 is 7.06. The van der Waals surface area contributed by atoms with Gasteiger partial charge in [-0.2, -0.15) is 0 Å². The molecule has 7 nitrogen and oxygen atoms in total. The van der Waals surface area contributed by atoms with Crippen LogP contribution in [0, 0.1) is 6.92 Å². The second kappa shape index (κ2) is 9.30.